The Morgan fingerprint density at radius 2 is 1.74 bits per heavy atom. The maximum atomic E-state index is 13.2. The molecule has 0 bridgehead atoms. The number of nitrogens with zero attached hydrogens (tertiary/aromatic N) is 1. The van der Waals surface area contributed by atoms with Crippen molar-refractivity contribution >= 4 is 23.6 Å². The molecule has 3 rings (SSSR count). The molecule has 1 aliphatic heterocycles. The smallest absolute Gasteiger partial charge is 0.407 e. The zero-order chi connectivity index (χ0) is 22.4. The number of hydrogen-bond donors (Lipinski definition) is 2. The van der Waals surface area contributed by atoms with Crippen LogP contribution in [0.5, 0.6) is 0 Å². The van der Waals surface area contributed by atoms with Crippen molar-refractivity contribution in [2.24, 2.45) is 0 Å². The number of para-hydroxylation sites is 1. The molecule has 2 N–H and O–H groups in total. The van der Waals surface area contributed by atoms with E-state index in [9.17, 15) is 14.4 Å². The number of likely N-dealkylation sites (N-methyl/N-ethyl adjacent to an activating group) is 1. The molecule has 0 saturated heterocycles. The number of rotatable bonds is 7. The molecule has 0 spiro atoms. The molecule has 0 aliphatic carbocycles. The summed E-state index contributed by atoms with van der Waals surface area (Å²) in [6.07, 6.45) is 1.23. The molecule has 0 saturated carbocycles. The Labute approximate surface area is 182 Å². The van der Waals surface area contributed by atoms with Crippen LogP contribution in [0.1, 0.15) is 44.7 Å². The molecule has 2 aromatic rings. The number of anilines is 1. The van der Waals surface area contributed by atoms with Crippen LogP contribution in [0, 0.1) is 0 Å². The molecule has 1 heterocycles. The van der Waals surface area contributed by atoms with Gasteiger partial charge in [-0.05, 0) is 30.5 Å². The highest BCUT2D eigenvalue weighted by Crippen LogP contribution is 2.39. The van der Waals surface area contributed by atoms with Gasteiger partial charge in [-0.1, -0.05) is 62.2 Å². The minimum Gasteiger partial charge on any atom is -0.436 e. The van der Waals surface area contributed by atoms with Crippen molar-refractivity contribution in [1.82, 2.24) is 10.6 Å². The van der Waals surface area contributed by atoms with Crippen LogP contribution >= 0.6 is 0 Å². The van der Waals surface area contributed by atoms with Gasteiger partial charge >= 0.3 is 6.09 Å². The Hall–Kier alpha value is -3.35. The summed E-state index contributed by atoms with van der Waals surface area (Å²) in [5.41, 5.74) is 3.27. The van der Waals surface area contributed by atoms with E-state index in [1.807, 2.05) is 48.5 Å². The van der Waals surface area contributed by atoms with Crippen LogP contribution in [-0.2, 0) is 14.3 Å². The molecule has 7 heteroatoms. The average Bonchev–Trinajstić information content (AvgIpc) is 2.86. The van der Waals surface area contributed by atoms with Gasteiger partial charge in [0.25, 0.3) is 11.8 Å². The quantitative estimate of drug-likeness (QED) is 0.663. The number of alkyl carbamates (subject to hydrolysis) is 1. The molecule has 0 aromatic heterocycles. The minimum absolute atomic E-state index is 0.262. The fourth-order valence-corrected chi connectivity index (χ4v) is 3.65. The second kappa shape index (κ2) is 10.1. The van der Waals surface area contributed by atoms with E-state index in [0.29, 0.717) is 12.1 Å². The van der Waals surface area contributed by atoms with E-state index in [1.54, 1.807) is 11.9 Å². The molecule has 31 heavy (non-hydrogen) atoms. The first-order valence-corrected chi connectivity index (χ1v) is 10.6. The van der Waals surface area contributed by atoms with E-state index >= 15 is 0 Å². The number of nitrogens with one attached hydrogen (secondary N) is 2. The number of amides is 3. The Kier molecular flexibility index (Phi) is 7.28. The summed E-state index contributed by atoms with van der Waals surface area (Å²) < 4.78 is 5.19. The average molecular weight is 424 g/mol. The number of carbonyl (C=O) groups is 3. The van der Waals surface area contributed by atoms with E-state index in [0.717, 1.165) is 36.1 Å². The zero-order valence-corrected chi connectivity index (χ0v) is 18.2. The summed E-state index contributed by atoms with van der Waals surface area (Å²) in [7, 11) is 1.69. The van der Waals surface area contributed by atoms with Crippen molar-refractivity contribution in [3.8, 4) is 11.1 Å². The van der Waals surface area contributed by atoms with E-state index in [1.165, 1.54) is 6.92 Å². The van der Waals surface area contributed by atoms with Crippen LogP contribution in [0.3, 0.4) is 0 Å². The largest absolute Gasteiger partial charge is 0.436 e. The van der Waals surface area contributed by atoms with Crippen molar-refractivity contribution < 1.29 is 19.1 Å². The molecule has 164 valence electrons. The summed E-state index contributed by atoms with van der Waals surface area (Å²) in [5, 5.41) is 5.42. The van der Waals surface area contributed by atoms with Crippen LogP contribution < -0.4 is 15.5 Å². The molecule has 0 unspecified atom stereocenters. The van der Waals surface area contributed by atoms with Crippen LogP contribution in [0.25, 0.3) is 11.1 Å². The lowest BCUT2D eigenvalue weighted by atomic mass is 9.95. The van der Waals surface area contributed by atoms with E-state index in [-0.39, 0.29) is 5.91 Å². The van der Waals surface area contributed by atoms with Crippen LogP contribution in [-0.4, -0.2) is 37.6 Å². The number of unbranched alkanes of at least 4 members (excludes halogenated alkanes) is 2. The lowest BCUT2D eigenvalue weighted by molar-refractivity contribution is -0.132. The lowest BCUT2D eigenvalue weighted by Gasteiger charge is -2.24. The third-order valence-corrected chi connectivity index (χ3v) is 5.39. The van der Waals surface area contributed by atoms with Gasteiger partial charge in [-0.2, -0.15) is 0 Å². The van der Waals surface area contributed by atoms with Gasteiger partial charge in [-0.3, -0.25) is 9.59 Å². The molecular formula is C24H29N3O4. The first-order valence-electron chi connectivity index (χ1n) is 10.6. The molecule has 0 radical (unpaired) electrons. The zero-order valence-electron chi connectivity index (χ0n) is 18.2. The first-order chi connectivity index (χ1) is 14.9. The Balaban J connectivity index is 1.76. The Morgan fingerprint density at radius 1 is 1.06 bits per heavy atom. The topological polar surface area (TPSA) is 87.7 Å². The van der Waals surface area contributed by atoms with E-state index in [2.05, 4.69) is 17.6 Å². The van der Waals surface area contributed by atoms with Crippen molar-refractivity contribution in [3.63, 3.8) is 0 Å². The van der Waals surface area contributed by atoms with Crippen LogP contribution in [0.4, 0.5) is 10.5 Å². The number of fused-ring (bicyclic) bond motifs is 3. The number of ether oxygens (including phenoxy) is 1. The maximum Gasteiger partial charge on any atom is 0.407 e. The van der Waals surface area contributed by atoms with Gasteiger partial charge < -0.3 is 20.3 Å². The molecule has 0 fully saturated rings. The third kappa shape index (κ3) is 5.05. The summed E-state index contributed by atoms with van der Waals surface area (Å²) in [4.78, 5) is 39.5. The van der Waals surface area contributed by atoms with Gasteiger partial charge in [0.15, 0.2) is 6.10 Å². The van der Waals surface area contributed by atoms with Gasteiger partial charge in [0, 0.05) is 19.2 Å². The summed E-state index contributed by atoms with van der Waals surface area (Å²) in [5.74, 6) is -0.793. The number of hydrogen-bond acceptors (Lipinski definition) is 4. The number of benzene rings is 2. The standard InChI is InChI=1S/C24H29N3O4/c1-4-5-10-15-25-24(30)31-16(2)22(28)26-21-19-13-7-6-11-17(19)18-12-8-9-14-20(18)27(3)23(21)29/h6-9,11-14,16,21H,4-5,10,15H2,1-3H3,(H,25,30)(H,26,28)/t16-,21-/m0/s1. The van der Waals surface area contributed by atoms with Crippen molar-refractivity contribution in [2.75, 3.05) is 18.5 Å². The third-order valence-electron chi connectivity index (χ3n) is 5.39. The molecule has 7 nitrogen and oxygen atoms in total. The fourth-order valence-electron chi connectivity index (χ4n) is 3.65. The van der Waals surface area contributed by atoms with Crippen LogP contribution in [0.15, 0.2) is 48.5 Å². The highest BCUT2D eigenvalue weighted by Gasteiger charge is 2.34. The summed E-state index contributed by atoms with van der Waals surface area (Å²) in [6.45, 7) is 4.07. The predicted molar refractivity (Wildman–Crippen MR) is 120 cm³/mol. The summed E-state index contributed by atoms with van der Waals surface area (Å²) in [6, 6.07) is 14.2. The fraction of sp³-hybridized carbons (Fsp3) is 0.375. The normalized spacial score (nSPS) is 15.9. The highest BCUT2D eigenvalue weighted by atomic mass is 16.6. The van der Waals surface area contributed by atoms with Gasteiger partial charge in [0.05, 0.1) is 5.69 Å². The van der Waals surface area contributed by atoms with Gasteiger partial charge in [-0.25, -0.2) is 4.79 Å². The van der Waals surface area contributed by atoms with Gasteiger partial charge in [0.1, 0.15) is 6.04 Å². The van der Waals surface area contributed by atoms with Gasteiger partial charge in [0.2, 0.25) is 0 Å². The molecule has 1 aliphatic rings. The lowest BCUT2D eigenvalue weighted by Crippen LogP contribution is -2.45. The van der Waals surface area contributed by atoms with Gasteiger partial charge in [-0.15, -0.1) is 0 Å². The second-order valence-electron chi connectivity index (χ2n) is 7.62. The number of carbonyl (C=O) groups excluding carboxylic acids is 3. The van der Waals surface area contributed by atoms with Crippen molar-refractivity contribution in [1.29, 1.82) is 0 Å². The molecule has 2 atom stereocenters. The van der Waals surface area contributed by atoms with Crippen molar-refractivity contribution in [2.45, 2.75) is 45.3 Å². The van der Waals surface area contributed by atoms with Crippen molar-refractivity contribution in [3.05, 3.63) is 54.1 Å². The van der Waals surface area contributed by atoms with E-state index < -0.39 is 24.1 Å². The monoisotopic (exact) mass is 423 g/mol. The highest BCUT2D eigenvalue weighted by molar-refractivity contribution is 6.06. The maximum absolute atomic E-state index is 13.2. The first kappa shape index (κ1) is 22.3. The minimum atomic E-state index is -1.04. The molecular weight excluding hydrogens is 394 g/mol. The van der Waals surface area contributed by atoms with Crippen LogP contribution in [0.2, 0.25) is 0 Å². The second-order valence-corrected chi connectivity index (χ2v) is 7.62. The Bertz CT molecular complexity index is 959. The SMILES string of the molecule is CCCCCNC(=O)O[C@@H](C)C(=O)N[C@@H]1C(=O)N(C)c2ccccc2-c2ccccc21. The summed E-state index contributed by atoms with van der Waals surface area (Å²) >= 11 is 0. The van der Waals surface area contributed by atoms with E-state index in [4.69, 9.17) is 4.74 Å². The Morgan fingerprint density at radius 3 is 2.48 bits per heavy atom. The molecule has 3 amide bonds. The predicted octanol–water partition coefficient (Wildman–Crippen LogP) is 3.79. The molecule has 2 aromatic carbocycles.